The fraction of sp³-hybridized carbons (Fsp3) is 0.286. The molecule has 0 atom stereocenters. The molecule has 0 unspecified atom stereocenters. The van der Waals surface area contributed by atoms with Gasteiger partial charge in [-0.05, 0) is 55.8 Å². The number of aryl methyl sites for hydroxylation is 1. The SMILES string of the molecule is Cc1cc(C(=O)Nc2ccc(CC(=O)N3CCN(c4ncccn4)CC3)cc2)c(C)n1Cc1ccco1. The third-order valence-corrected chi connectivity index (χ3v) is 6.75. The lowest BCUT2D eigenvalue weighted by molar-refractivity contribution is -0.130. The number of hydrogen-bond acceptors (Lipinski definition) is 6. The van der Waals surface area contributed by atoms with Gasteiger partial charge < -0.3 is 24.1 Å². The van der Waals surface area contributed by atoms with Gasteiger partial charge in [0.15, 0.2) is 0 Å². The van der Waals surface area contributed by atoms with E-state index >= 15 is 0 Å². The molecule has 1 aliphatic rings. The van der Waals surface area contributed by atoms with Crippen molar-refractivity contribution < 1.29 is 14.0 Å². The quantitative estimate of drug-likeness (QED) is 0.418. The average Bonchev–Trinajstić information content (AvgIpc) is 3.54. The fourth-order valence-electron chi connectivity index (χ4n) is 4.63. The molecule has 0 saturated carbocycles. The van der Waals surface area contributed by atoms with E-state index in [9.17, 15) is 9.59 Å². The summed E-state index contributed by atoms with van der Waals surface area (Å²) in [6.45, 7) is 7.20. The molecule has 5 rings (SSSR count). The second-order valence-corrected chi connectivity index (χ2v) is 9.19. The molecule has 1 aromatic carbocycles. The van der Waals surface area contributed by atoms with Gasteiger partial charge in [-0.3, -0.25) is 9.59 Å². The first-order chi connectivity index (χ1) is 18.0. The molecule has 1 fully saturated rings. The molecule has 0 spiro atoms. The van der Waals surface area contributed by atoms with E-state index in [4.69, 9.17) is 4.42 Å². The molecule has 1 N–H and O–H groups in total. The Morgan fingerprint density at radius 3 is 2.38 bits per heavy atom. The molecule has 0 radical (unpaired) electrons. The molecule has 4 aromatic rings. The maximum absolute atomic E-state index is 13.0. The van der Waals surface area contributed by atoms with E-state index < -0.39 is 0 Å². The molecule has 2 amide bonds. The zero-order valence-corrected chi connectivity index (χ0v) is 21.1. The van der Waals surface area contributed by atoms with Crippen molar-refractivity contribution in [2.45, 2.75) is 26.8 Å². The van der Waals surface area contributed by atoms with Gasteiger partial charge in [0.1, 0.15) is 5.76 Å². The van der Waals surface area contributed by atoms with Crippen LogP contribution in [0.25, 0.3) is 0 Å². The van der Waals surface area contributed by atoms with Crippen molar-refractivity contribution in [2.24, 2.45) is 0 Å². The van der Waals surface area contributed by atoms with Gasteiger partial charge in [-0.15, -0.1) is 0 Å². The monoisotopic (exact) mass is 498 g/mol. The van der Waals surface area contributed by atoms with Crippen molar-refractivity contribution in [1.82, 2.24) is 19.4 Å². The molecular formula is C28H30N6O3. The summed E-state index contributed by atoms with van der Waals surface area (Å²) in [6, 6.07) is 14.9. The summed E-state index contributed by atoms with van der Waals surface area (Å²) < 4.78 is 7.52. The summed E-state index contributed by atoms with van der Waals surface area (Å²) in [6.07, 6.45) is 5.43. The van der Waals surface area contributed by atoms with Gasteiger partial charge in [-0.25, -0.2) is 9.97 Å². The molecule has 1 aliphatic heterocycles. The average molecular weight is 499 g/mol. The maximum Gasteiger partial charge on any atom is 0.257 e. The molecule has 1 saturated heterocycles. The zero-order chi connectivity index (χ0) is 25.8. The van der Waals surface area contributed by atoms with Gasteiger partial charge in [0, 0.05) is 55.6 Å². The van der Waals surface area contributed by atoms with Crippen molar-refractivity contribution in [2.75, 3.05) is 36.4 Å². The highest BCUT2D eigenvalue weighted by atomic mass is 16.3. The highest BCUT2D eigenvalue weighted by Crippen LogP contribution is 2.20. The lowest BCUT2D eigenvalue weighted by Gasteiger charge is -2.34. The number of anilines is 2. The van der Waals surface area contributed by atoms with E-state index in [-0.39, 0.29) is 11.8 Å². The second-order valence-electron chi connectivity index (χ2n) is 9.19. The summed E-state index contributed by atoms with van der Waals surface area (Å²) >= 11 is 0. The minimum absolute atomic E-state index is 0.0920. The fourth-order valence-corrected chi connectivity index (χ4v) is 4.63. The van der Waals surface area contributed by atoms with E-state index in [1.165, 1.54) is 0 Å². The topological polar surface area (TPSA) is 96.5 Å². The normalized spacial score (nSPS) is 13.6. The first kappa shape index (κ1) is 24.3. The van der Waals surface area contributed by atoms with E-state index in [1.807, 2.05) is 61.2 Å². The van der Waals surface area contributed by atoms with E-state index in [2.05, 4.69) is 24.8 Å². The Balaban J connectivity index is 1.15. The molecule has 9 heteroatoms. The van der Waals surface area contributed by atoms with Gasteiger partial charge in [0.25, 0.3) is 5.91 Å². The number of amides is 2. The number of piperazine rings is 1. The van der Waals surface area contributed by atoms with Crippen LogP contribution < -0.4 is 10.2 Å². The molecule has 0 bridgehead atoms. The molecule has 190 valence electrons. The predicted molar refractivity (Wildman–Crippen MR) is 141 cm³/mol. The number of rotatable bonds is 7. The smallest absolute Gasteiger partial charge is 0.257 e. The van der Waals surface area contributed by atoms with Gasteiger partial charge in [-0.2, -0.15) is 0 Å². The van der Waals surface area contributed by atoms with Crippen LogP contribution in [0.2, 0.25) is 0 Å². The van der Waals surface area contributed by atoms with Crippen LogP contribution in [0.1, 0.15) is 33.1 Å². The third kappa shape index (κ3) is 5.55. The van der Waals surface area contributed by atoms with E-state index in [0.29, 0.717) is 56.3 Å². The van der Waals surface area contributed by atoms with Crippen LogP contribution in [0.15, 0.2) is 71.6 Å². The van der Waals surface area contributed by atoms with Crippen LogP contribution in [0.3, 0.4) is 0 Å². The van der Waals surface area contributed by atoms with Crippen molar-refractivity contribution in [3.8, 4) is 0 Å². The van der Waals surface area contributed by atoms with Crippen LogP contribution in [0, 0.1) is 13.8 Å². The molecule has 0 aliphatic carbocycles. The third-order valence-electron chi connectivity index (χ3n) is 6.75. The number of nitrogens with one attached hydrogen (secondary N) is 1. The van der Waals surface area contributed by atoms with Crippen LogP contribution in [-0.4, -0.2) is 57.4 Å². The summed E-state index contributed by atoms with van der Waals surface area (Å²) in [4.78, 5) is 38.4. The largest absolute Gasteiger partial charge is 0.467 e. The lowest BCUT2D eigenvalue weighted by atomic mass is 10.1. The van der Waals surface area contributed by atoms with Gasteiger partial charge in [0.2, 0.25) is 11.9 Å². The Hall–Kier alpha value is -4.40. The molecule has 3 aromatic heterocycles. The highest BCUT2D eigenvalue weighted by Gasteiger charge is 2.22. The number of carbonyl (C=O) groups excluding carboxylic acids is 2. The first-order valence-electron chi connectivity index (χ1n) is 12.4. The van der Waals surface area contributed by atoms with Crippen LogP contribution in [-0.2, 0) is 17.8 Å². The zero-order valence-electron chi connectivity index (χ0n) is 21.1. The van der Waals surface area contributed by atoms with Gasteiger partial charge in [0.05, 0.1) is 24.8 Å². The minimum atomic E-state index is -0.164. The number of hydrogen-bond donors (Lipinski definition) is 1. The Bertz CT molecular complexity index is 1360. The predicted octanol–water partition coefficient (Wildman–Crippen LogP) is 3.68. The van der Waals surface area contributed by atoms with Crippen molar-refractivity contribution in [1.29, 1.82) is 0 Å². The Morgan fingerprint density at radius 2 is 1.70 bits per heavy atom. The van der Waals surface area contributed by atoms with E-state index in [0.717, 1.165) is 22.7 Å². The molecule has 37 heavy (non-hydrogen) atoms. The lowest BCUT2D eigenvalue weighted by Crippen LogP contribution is -2.49. The van der Waals surface area contributed by atoms with Gasteiger partial charge >= 0.3 is 0 Å². The van der Waals surface area contributed by atoms with Gasteiger partial charge in [-0.1, -0.05) is 12.1 Å². The number of carbonyl (C=O) groups is 2. The van der Waals surface area contributed by atoms with Crippen LogP contribution >= 0.6 is 0 Å². The highest BCUT2D eigenvalue weighted by molar-refractivity contribution is 6.05. The minimum Gasteiger partial charge on any atom is -0.467 e. The summed E-state index contributed by atoms with van der Waals surface area (Å²) in [5.74, 6) is 1.47. The second kappa shape index (κ2) is 10.7. The standard InChI is InChI=1S/C28H30N6O3/c1-20-17-25(21(2)34(20)19-24-5-3-16-37-24)27(36)31-23-8-6-22(7-9-23)18-26(35)32-12-14-33(15-13-32)28-29-10-4-11-30-28/h3-11,16-17H,12-15,18-19H2,1-2H3,(H,31,36). The molecule has 4 heterocycles. The van der Waals surface area contributed by atoms with Crippen molar-refractivity contribution in [3.05, 3.63) is 95.5 Å². The Morgan fingerprint density at radius 1 is 0.973 bits per heavy atom. The summed E-state index contributed by atoms with van der Waals surface area (Å²) in [5.41, 5.74) is 4.10. The van der Waals surface area contributed by atoms with Crippen molar-refractivity contribution >= 4 is 23.5 Å². The Kier molecular flexibility index (Phi) is 7.02. The summed E-state index contributed by atoms with van der Waals surface area (Å²) in [5, 5.41) is 2.97. The number of benzene rings is 1. The van der Waals surface area contributed by atoms with Crippen molar-refractivity contribution in [3.63, 3.8) is 0 Å². The number of aromatic nitrogens is 3. The number of furan rings is 1. The number of nitrogens with zero attached hydrogens (tertiary/aromatic N) is 5. The Labute approximate surface area is 215 Å². The van der Waals surface area contributed by atoms with Crippen LogP contribution in [0.5, 0.6) is 0 Å². The summed E-state index contributed by atoms with van der Waals surface area (Å²) in [7, 11) is 0. The van der Waals surface area contributed by atoms with Crippen LogP contribution in [0.4, 0.5) is 11.6 Å². The molecule has 9 nitrogen and oxygen atoms in total. The first-order valence-corrected chi connectivity index (χ1v) is 12.4. The van der Waals surface area contributed by atoms with E-state index in [1.54, 1.807) is 24.7 Å². The maximum atomic E-state index is 13.0. The molecular weight excluding hydrogens is 468 g/mol.